The van der Waals surface area contributed by atoms with Gasteiger partial charge in [-0.05, 0) is 67.5 Å². The van der Waals surface area contributed by atoms with Crippen molar-refractivity contribution >= 4 is 24.9 Å². The van der Waals surface area contributed by atoms with Gasteiger partial charge in [-0.2, -0.15) is 0 Å². The minimum absolute atomic E-state index is 0.0926. The van der Waals surface area contributed by atoms with Gasteiger partial charge in [0.2, 0.25) is 0 Å². The second kappa shape index (κ2) is 10.5. The zero-order valence-corrected chi connectivity index (χ0v) is 21.8. The fourth-order valence-corrected chi connectivity index (χ4v) is 5.53. The zero-order valence-electron chi connectivity index (χ0n) is 20.8. The Morgan fingerprint density at radius 1 is 0.844 bits per heavy atom. The smallest absolute Gasteiger partial charge is 0.130 e. The second-order valence-corrected chi connectivity index (χ2v) is 10.7. The molecule has 0 heterocycles. The van der Waals surface area contributed by atoms with Crippen LogP contribution in [0.15, 0.2) is 60.7 Å². The van der Waals surface area contributed by atoms with E-state index in [0.29, 0.717) is 15.2 Å². The van der Waals surface area contributed by atoms with Crippen molar-refractivity contribution in [3.8, 4) is 5.75 Å². The predicted octanol–water partition coefficient (Wildman–Crippen LogP) is 6.66. The molecule has 3 heteroatoms. The Bertz CT molecular complexity index is 1030. The number of hydrogen-bond acceptors (Lipinski definition) is 2. The first kappa shape index (κ1) is 24.3. The average Bonchev–Trinajstić information content (AvgIpc) is 2.76. The molecule has 3 aromatic carbocycles. The number of hydrogen-bond donors (Lipinski definition) is 0. The summed E-state index contributed by atoms with van der Waals surface area (Å²) in [5.74, 6) is 1.04. The summed E-state index contributed by atoms with van der Waals surface area (Å²) in [6.07, 6.45) is 0. The van der Waals surface area contributed by atoms with E-state index < -0.39 is 0 Å². The molecule has 0 aliphatic rings. The topological polar surface area (TPSA) is 12.5 Å². The van der Waals surface area contributed by atoms with Crippen molar-refractivity contribution in [2.45, 2.75) is 60.5 Å². The Morgan fingerprint density at radius 2 is 1.53 bits per heavy atom. The highest BCUT2D eigenvalue weighted by molar-refractivity contribution is 7.56. The molecule has 0 fully saturated rings. The number of anilines is 1. The lowest BCUT2D eigenvalue weighted by Crippen LogP contribution is -2.28. The number of aryl methyl sites for hydroxylation is 2. The van der Waals surface area contributed by atoms with Gasteiger partial charge in [0.25, 0.3) is 0 Å². The predicted molar refractivity (Wildman–Crippen MR) is 143 cm³/mol. The molecule has 0 spiro atoms. The summed E-state index contributed by atoms with van der Waals surface area (Å²) in [6.45, 7) is 18.4. The van der Waals surface area contributed by atoms with Crippen LogP contribution in [0.3, 0.4) is 0 Å². The van der Waals surface area contributed by atoms with Crippen LogP contribution >= 0.6 is 8.58 Å². The standard InChI is InChI=1S/C29H38NOP/c1-8-30(9-2)25-17-13-14-21(3)28(25)32-26-19-24(29(5,6)7)18-22(4)27(26)31-20-23-15-11-10-12-16-23/h10-19,32H,8-9,20H2,1-7H3. The summed E-state index contributed by atoms with van der Waals surface area (Å²) in [6, 6.07) is 21.8. The van der Waals surface area contributed by atoms with Crippen LogP contribution in [0.2, 0.25) is 0 Å². The van der Waals surface area contributed by atoms with E-state index in [1.54, 1.807) is 0 Å². The maximum Gasteiger partial charge on any atom is 0.130 e. The molecule has 0 amide bonds. The Labute approximate surface area is 196 Å². The van der Waals surface area contributed by atoms with Crippen LogP contribution in [0.25, 0.3) is 0 Å². The highest BCUT2D eigenvalue weighted by Gasteiger charge is 2.20. The van der Waals surface area contributed by atoms with E-state index in [1.165, 1.54) is 38.6 Å². The third-order valence-corrected chi connectivity index (χ3v) is 7.52. The first-order valence-corrected chi connectivity index (χ1v) is 12.7. The molecule has 170 valence electrons. The van der Waals surface area contributed by atoms with Crippen molar-refractivity contribution in [2.75, 3.05) is 18.0 Å². The second-order valence-electron chi connectivity index (χ2n) is 9.46. The van der Waals surface area contributed by atoms with Gasteiger partial charge in [-0.15, -0.1) is 0 Å². The molecule has 0 radical (unpaired) electrons. The maximum atomic E-state index is 6.48. The van der Waals surface area contributed by atoms with Crippen molar-refractivity contribution < 1.29 is 4.74 Å². The van der Waals surface area contributed by atoms with Gasteiger partial charge in [-0.3, -0.25) is 0 Å². The molecule has 3 rings (SSSR count). The van der Waals surface area contributed by atoms with E-state index in [0.717, 1.165) is 18.8 Å². The SMILES string of the molecule is CCN(CC)c1cccc(C)c1Pc1cc(C(C)(C)C)cc(C)c1OCc1ccccc1. The largest absolute Gasteiger partial charge is 0.488 e. The lowest BCUT2D eigenvalue weighted by atomic mass is 9.86. The molecular formula is C29H38NOP. The van der Waals surface area contributed by atoms with Crippen LogP contribution in [0.1, 0.15) is 56.9 Å². The van der Waals surface area contributed by atoms with Crippen LogP contribution in [-0.4, -0.2) is 13.1 Å². The number of nitrogens with zero attached hydrogens (tertiary/aromatic N) is 1. The molecule has 2 nitrogen and oxygen atoms in total. The number of rotatable bonds is 8. The van der Waals surface area contributed by atoms with Crippen LogP contribution < -0.4 is 20.2 Å². The molecule has 1 atom stereocenters. The van der Waals surface area contributed by atoms with Crippen LogP contribution in [0.4, 0.5) is 5.69 Å². The van der Waals surface area contributed by atoms with Gasteiger partial charge in [0.05, 0.1) is 0 Å². The summed E-state index contributed by atoms with van der Waals surface area (Å²) >= 11 is 0. The molecule has 0 saturated heterocycles. The molecule has 0 aliphatic heterocycles. The van der Waals surface area contributed by atoms with E-state index in [-0.39, 0.29) is 5.41 Å². The Balaban J connectivity index is 2.07. The molecule has 32 heavy (non-hydrogen) atoms. The van der Waals surface area contributed by atoms with Gasteiger partial charge < -0.3 is 9.64 Å². The highest BCUT2D eigenvalue weighted by Crippen LogP contribution is 2.33. The minimum atomic E-state index is 0.0926. The number of ether oxygens (including phenoxy) is 1. The van der Waals surface area contributed by atoms with Gasteiger partial charge in [0.1, 0.15) is 12.4 Å². The first-order chi connectivity index (χ1) is 15.2. The fourth-order valence-electron chi connectivity index (χ4n) is 4.00. The van der Waals surface area contributed by atoms with E-state index in [9.17, 15) is 0 Å². The van der Waals surface area contributed by atoms with Crippen molar-refractivity contribution in [3.63, 3.8) is 0 Å². The Kier molecular flexibility index (Phi) is 8.01. The van der Waals surface area contributed by atoms with Crippen LogP contribution in [-0.2, 0) is 12.0 Å². The van der Waals surface area contributed by atoms with Gasteiger partial charge in [-0.25, -0.2) is 0 Å². The summed E-state index contributed by atoms with van der Waals surface area (Å²) < 4.78 is 6.48. The third-order valence-electron chi connectivity index (χ3n) is 5.98. The summed E-state index contributed by atoms with van der Waals surface area (Å²) in [4.78, 5) is 2.46. The first-order valence-electron chi connectivity index (χ1n) is 11.7. The lowest BCUT2D eigenvalue weighted by Gasteiger charge is -2.27. The van der Waals surface area contributed by atoms with E-state index in [4.69, 9.17) is 4.74 Å². The zero-order chi connectivity index (χ0) is 23.3. The van der Waals surface area contributed by atoms with Gasteiger partial charge in [0.15, 0.2) is 0 Å². The molecule has 0 aromatic heterocycles. The van der Waals surface area contributed by atoms with Gasteiger partial charge in [0, 0.05) is 29.4 Å². The molecule has 0 aliphatic carbocycles. The van der Waals surface area contributed by atoms with E-state index in [2.05, 4.69) is 108 Å². The van der Waals surface area contributed by atoms with Gasteiger partial charge >= 0.3 is 0 Å². The lowest BCUT2D eigenvalue weighted by molar-refractivity contribution is 0.306. The summed E-state index contributed by atoms with van der Waals surface area (Å²) in [5, 5.41) is 2.72. The van der Waals surface area contributed by atoms with Gasteiger partial charge in [-0.1, -0.05) is 77.9 Å². The fraction of sp³-hybridized carbons (Fsp3) is 0.379. The molecule has 0 N–H and O–H groups in total. The molecule has 3 aromatic rings. The quantitative estimate of drug-likeness (QED) is 0.358. The van der Waals surface area contributed by atoms with Crippen LogP contribution in [0.5, 0.6) is 5.75 Å². The van der Waals surface area contributed by atoms with Crippen molar-refractivity contribution in [3.05, 3.63) is 82.9 Å². The van der Waals surface area contributed by atoms with Crippen molar-refractivity contribution in [1.82, 2.24) is 0 Å². The summed E-state index contributed by atoms with van der Waals surface area (Å²) in [7, 11) is 0.545. The molecule has 1 unspecified atom stereocenters. The van der Waals surface area contributed by atoms with Crippen LogP contribution in [0, 0.1) is 13.8 Å². The Hall–Kier alpha value is -2.31. The van der Waals surface area contributed by atoms with Crippen molar-refractivity contribution in [2.24, 2.45) is 0 Å². The third kappa shape index (κ3) is 5.73. The average molecular weight is 448 g/mol. The highest BCUT2D eigenvalue weighted by atomic mass is 31.1. The normalized spacial score (nSPS) is 11.8. The minimum Gasteiger partial charge on any atom is -0.488 e. The molecule has 0 saturated carbocycles. The molecular weight excluding hydrogens is 409 g/mol. The number of benzene rings is 3. The van der Waals surface area contributed by atoms with Crippen molar-refractivity contribution in [1.29, 1.82) is 0 Å². The maximum absolute atomic E-state index is 6.48. The van der Waals surface area contributed by atoms with E-state index in [1.807, 2.05) is 6.07 Å². The monoisotopic (exact) mass is 447 g/mol. The summed E-state index contributed by atoms with van der Waals surface area (Å²) in [5.41, 5.74) is 6.56. The van der Waals surface area contributed by atoms with E-state index >= 15 is 0 Å². The Morgan fingerprint density at radius 3 is 2.16 bits per heavy atom. The molecule has 0 bridgehead atoms.